The van der Waals surface area contributed by atoms with Crippen LogP contribution >= 0.6 is 0 Å². The van der Waals surface area contributed by atoms with Crippen molar-refractivity contribution in [1.29, 1.82) is 0 Å². The van der Waals surface area contributed by atoms with Crippen molar-refractivity contribution in [2.24, 2.45) is 0 Å². The highest BCUT2D eigenvalue weighted by Gasteiger charge is 2.21. The highest BCUT2D eigenvalue weighted by atomic mass is 16.5. The quantitative estimate of drug-likeness (QED) is 0.790. The predicted octanol–water partition coefficient (Wildman–Crippen LogP) is 1.09. The van der Waals surface area contributed by atoms with E-state index in [0.29, 0.717) is 75.1 Å². The minimum absolute atomic E-state index is 0.0486. The number of aromatic nitrogens is 2. The lowest BCUT2D eigenvalue weighted by Crippen LogP contribution is -2.40. The second-order valence-corrected chi connectivity index (χ2v) is 6.67. The van der Waals surface area contributed by atoms with Crippen LogP contribution in [0.1, 0.15) is 20.7 Å². The summed E-state index contributed by atoms with van der Waals surface area (Å²) in [6, 6.07) is 6.85. The van der Waals surface area contributed by atoms with Crippen molar-refractivity contribution in [1.82, 2.24) is 19.8 Å². The zero-order valence-electron chi connectivity index (χ0n) is 15.5. The number of carbonyl (C=O) groups is 2. The molecule has 28 heavy (non-hydrogen) atoms. The molecule has 2 aliphatic rings. The number of hydrogen-bond donors (Lipinski definition) is 0. The monoisotopic (exact) mass is 382 g/mol. The van der Waals surface area contributed by atoms with Crippen LogP contribution in [0.15, 0.2) is 36.7 Å². The summed E-state index contributed by atoms with van der Waals surface area (Å²) in [4.78, 5) is 37.7. The number of ether oxygens (including phenoxy) is 2. The number of carbonyl (C=O) groups excluding carboxylic acids is 2. The van der Waals surface area contributed by atoms with Gasteiger partial charge in [0, 0.05) is 49.7 Å². The molecule has 8 nitrogen and oxygen atoms in total. The zero-order chi connectivity index (χ0) is 19.3. The number of hydrogen-bond acceptors (Lipinski definition) is 6. The third-order valence-corrected chi connectivity index (χ3v) is 4.87. The summed E-state index contributed by atoms with van der Waals surface area (Å²) in [6.07, 6.45) is 3.20. The Bertz CT molecular complexity index is 789. The van der Waals surface area contributed by atoms with Crippen molar-refractivity contribution >= 4 is 11.8 Å². The lowest BCUT2D eigenvalue weighted by atomic mass is 10.1. The summed E-state index contributed by atoms with van der Waals surface area (Å²) in [5.41, 5.74) is 2.24. The van der Waals surface area contributed by atoms with Crippen molar-refractivity contribution in [2.45, 2.75) is 0 Å². The Kier molecular flexibility index (Phi) is 5.59. The first-order chi connectivity index (χ1) is 13.7. The molecule has 2 aromatic rings. The summed E-state index contributed by atoms with van der Waals surface area (Å²) in [5.74, 6) is -0.0972. The fraction of sp³-hybridized carbons (Fsp3) is 0.400. The fourth-order valence-corrected chi connectivity index (χ4v) is 3.31. The molecule has 4 rings (SSSR count). The number of morpholine rings is 2. The number of nitrogens with zero attached hydrogens (tertiary/aromatic N) is 4. The second-order valence-electron chi connectivity index (χ2n) is 6.67. The van der Waals surface area contributed by atoms with Gasteiger partial charge in [-0.1, -0.05) is 0 Å². The van der Waals surface area contributed by atoms with Crippen molar-refractivity contribution < 1.29 is 19.1 Å². The first-order valence-corrected chi connectivity index (χ1v) is 9.39. The number of pyridine rings is 2. The van der Waals surface area contributed by atoms with Crippen LogP contribution in [0.3, 0.4) is 0 Å². The van der Waals surface area contributed by atoms with Gasteiger partial charge in [-0.3, -0.25) is 19.6 Å². The maximum Gasteiger partial charge on any atom is 0.254 e. The fourth-order valence-electron chi connectivity index (χ4n) is 3.31. The molecule has 0 saturated carbocycles. The molecule has 0 aromatic carbocycles. The normalized spacial score (nSPS) is 17.4. The molecule has 2 saturated heterocycles. The molecule has 2 fully saturated rings. The highest BCUT2D eigenvalue weighted by molar-refractivity contribution is 5.96. The second kappa shape index (κ2) is 8.45. The summed E-state index contributed by atoms with van der Waals surface area (Å²) in [6.45, 7) is 4.54. The van der Waals surface area contributed by atoms with Gasteiger partial charge >= 0.3 is 0 Å². The Labute approximate surface area is 163 Å². The van der Waals surface area contributed by atoms with E-state index < -0.39 is 0 Å². The number of rotatable bonds is 3. The first kappa shape index (κ1) is 18.5. The minimum Gasteiger partial charge on any atom is -0.378 e. The lowest BCUT2D eigenvalue weighted by molar-refractivity contribution is 0.0301. The maximum atomic E-state index is 12.7. The van der Waals surface area contributed by atoms with Crippen molar-refractivity contribution in [3.63, 3.8) is 0 Å². The van der Waals surface area contributed by atoms with Crippen LogP contribution in [-0.2, 0) is 9.47 Å². The van der Waals surface area contributed by atoms with E-state index in [0.717, 1.165) is 0 Å². The molecule has 0 aliphatic carbocycles. The SMILES string of the molecule is O=C(c1ccnc(-c2cc(C(=O)N3CCOCC3)ccn2)c1)N1CCOCC1. The van der Waals surface area contributed by atoms with E-state index in [-0.39, 0.29) is 11.8 Å². The van der Waals surface area contributed by atoms with E-state index in [1.165, 1.54) is 0 Å². The molecular formula is C20H22N4O4. The molecule has 4 heterocycles. The molecule has 0 spiro atoms. The highest BCUT2D eigenvalue weighted by Crippen LogP contribution is 2.19. The van der Waals surface area contributed by atoms with Gasteiger partial charge < -0.3 is 19.3 Å². The van der Waals surface area contributed by atoms with Crippen LogP contribution in [0.25, 0.3) is 11.4 Å². The van der Waals surface area contributed by atoms with Crippen LogP contribution in [-0.4, -0.2) is 84.2 Å². The predicted molar refractivity (Wildman–Crippen MR) is 101 cm³/mol. The largest absolute Gasteiger partial charge is 0.378 e. The van der Waals surface area contributed by atoms with Gasteiger partial charge in [-0.15, -0.1) is 0 Å². The van der Waals surface area contributed by atoms with E-state index >= 15 is 0 Å². The maximum absolute atomic E-state index is 12.7. The molecule has 146 valence electrons. The molecular weight excluding hydrogens is 360 g/mol. The Balaban J connectivity index is 1.55. The third-order valence-electron chi connectivity index (χ3n) is 4.87. The van der Waals surface area contributed by atoms with Crippen LogP contribution in [0, 0.1) is 0 Å². The lowest BCUT2D eigenvalue weighted by Gasteiger charge is -2.27. The summed E-state index contributed by atoms with van der Waals surface area (Å²) >= 11 is 0. The Morgan fingerprint density at radius 3 is 1.50 bits per heavy atom. The van der Waals surface area contributed by atoms with E-state index in [1.54, 1.807) is 46.5 Å². The Morgan fingerprint density at radius 1 is 0.714 bits per heavy atom. The van der Waals surface area contributed by atoms with Crippen LogP contribution < -0.4 is 0 Å². The zero-order valence-corrected chi connectivity index (χ0v) is 15.5. The molecule has 8 heteroatoms. The standard InChI is InChI=1S/C20H22N4O4/c25-19(23-5-9-27-10-6-23)15-1-3-21-17(13-15)18-14-16(2-4-22-18)20(26)24-7-11-28-12-8-24/h1-4,13-14H,5-12H2. The van der Waals surface area contributed by atoms with Crippen LogP contribution in [0.4, 0.5) is 0 Å². The molecule has 0 unspecified atom stereocenters. The van der Waals surface area contributed by atoms with E-state index in [9.17, 15) is 9.59 Å². The van der Waals surface area contributed by atoms with Gasteiger partial charge in [-0.2, -0.15) is 0 Å². The van der Waals surface area contributed by atoms with E-state index in [1.807, 2.05) is 0 Å². The van der Waals surface area contributed by atoms with Gasteiger partial charge in [-0.05, 0) is 24.3 Å². The van der Waals surface area contributed by atoms with Crippen molar-refractivity contribution in [2.75, 3.05) is 52.6 Å². The minimum atomic E-state index is -0.0486. The molecule has 0 radical (unpaired) electrons. The molecule has 2 amide bonds. The van der Waals surface area contributed by atoms with Gasteiger partial charge in [0.25, 0.3) is 11.8 Å². The molecule has 0 N–H and O–H groups in total. The van der Waals surface area contributed by atoms with Gasteiger partial charge in [0.05, 0.1) is 37.8 Å². The topological polar surface area (TPSA) is 84.9 Å². The Morgan fingerprint density at radius 2 is 1.11 bits per heavy atom. The molecule has 2 aromatic heterocycles. The van der Waals surface area contributed by atoms with Crippen LogP contribution in [0.5, 0.6) is 0 Å². The van der Waals surface area contributed by atoms with Gasteiger partial charge in [0.15, 0.2) is 0 Å². The van der Waals surface area contributed by atoms with Crippen molar-refractivity contribution in [3.8, 4) is 11.4 Å². The van der Waals surface area contributed by atoms with Crippen molar-refractivity contribution in [3.05, 3.63) is 47.8 Å². The average Bonchev–Trinajstić information content (AvgIpc) is 2.79. The first-order valence-electron chi connectivity index (χ1n) is 9.39. The molecule has 2 aliphatic heterocycles. The van der Waals surface area contributed by atoms with Gasteiger partial charge in [0.2, 0.25) is 0 Å². The number of amides is 2. The summed E-state index contributed by atoms with van der Waals surface area (Å²) in [7, 11) is 0. The Hall–Kier alpha value is -2.84. The summed E-state index contributed by atoms with van der Waals surface area (Å²) < 4.78 is 10.6. The van der Waals surface area contributed by atoms with Gasteiger partial charge in [-0.25, -0.2) is 0 Å². The van der Waals surface area contributed by atoms with Crippen LogP contribution in [0.2, 0.25) is 0 Å². The van der Waals surface area contributed by atoms with E-state index in [2.05, 4.69) is 9.97 Å². The summed E-state index contributed by atoms with van der Waals surface area (Å²) in [5, 5.41) is 0. The smallest absolute Gasteiger partial charge is 0.254 e. The van der Waals surface area contributed by atoms with Gasteiger partial charge in [0.1, 0.15) is 0 Å². The van der Waals surface area contributed by atoms with E-state index in [4.69, 9.17) is 9.47 Å². The third kappa shape index (κ3) is 4.02. The molecule has 0 atom stereocenters. The average molecular weight is 382 g/mol. The molecule has 0 bridgehead atoms.